The molecule has 4 nitrogen and oxygen atoms in total. The first kappa shape index (κ1) is 13.6. The summed E-state index contributed by atoms with van der Waals surface area (Å²) < 4.78 is 29.0. The van der Waals surface area contributed by atoms with Crippen LogP contribution in [0.5, 0.6) is 5.88 Å². The lowest BCUT2D eigenvalue weighted by molar-refractivity contribution is 0.0794. The van der Waals surface area contributed by atoms with E-state index >= 15 is 0 Å². The van der Waals surface area contributed by atoms with Crippen LogP contribution in [0.1, 0.15) is 26.1 Å². The maximum atomic E-state index is 12.0. The first-order chi connectivity index (χ1) is 8.15. The molecular formula is C11H17F2N3O. The summed E-state index contributed by atoms with van der Waals surface area (Å²) in [6, 6.07) is 1.53. The van der Waals surface area contributed by atoms with Gasteiger partial charge in [0, 0.05) is 19.0 Å². The zero-order valence-electron chi connectivity index (χ0n) is 10.0. The molecule has 1 N–H and O–H groups in total. The lowest BCUT2D eigenvalue weighted by atomic mass is 10.3. The number of nitrogens with zero attached hydrogens (tertiary/aromatic N) is 2. The Kier molecular flexibility index (Phi) is 5.59. The molecule has 1 aromatic rings. The molecule has 0 atom stereocenters. The Bertz CT molecular complexity index is 323. The monoisotopic (exact) mass is 245 g/mol. The number of nitrogens with one attached hydrogen (secondary N) is 1. The van der Waals surface area contributed by atoms with E-state index in [9.17, 15) is 8.78 Å². The Hall–Kier alpha value is -1.46. The Labute approximate surface area is 99.4 Å². The van der Waals surface area contributed by atoms with Crippen molar-refractivity contribution in [2.75, 3.05) is 18.5 Å². The van der Waals surface area contributed by atoms with Gasteiger partial charge in [0.1, 0.15) is 11.6 Å². The van der Waals surface area contributed by atoms with E-state index in [0.29, 0.717) is 24.6 Å². The van der Waals surface area contributed by atoms with Gasteiger partial charge in [0.15, 0.2) is 6.61 Å². The topological polar surface area (TPSA) is 47.0 Å². The second kappa shape index (κ2) is 6.98. The molecule has 0 aromatic carbocycles. The van der Waals surface area contributed by atoms with Gasteiger partial charge in [-0.3, -0.25) is 0 Å². The van der Waals surface area contributed by atoms with Gasteiger partial charge < -0.3 is 10.1 Å². The number of aromatic nitrogens is 2. The Morgan fingerprint density at radius 1 is 1.35 bits per heavy atom. The first-order valence-electron chi connectivity index (χ1n) is 5.68. The fourth-order valence-corrected chi connectivity index (χ4v) is 1.30. The average molecular weight is 245 g/mol. The average Bonchev–Trinajstić information content (AvgIpc) is 2.27. The van der Waals surface area contributed by atoms with E-state index in [1.165, 1.54) is 6.07 Å². The van der Waals surface area contributed by atoms with Crippen molar-refractivity contribution in [3.05, 3.63) is 11.9 Å². The van der Waals surface area contributed by atoms with Crippen molar-refractivity contribution in [1.82, 2.24) is 9.97 Å². The minimum absolute atomic E-state index is 0.194. The summed E-state index contributed by atoms with van der Waals surface area (Å²) in [5, 5.41) is 3.02. The van der Waals surface area contributed by atoms with Gasteiger partial charge in [-0.1, -0.05) is 6.92 Å². The van der Waals surface area contributed by atoms with E-state index in [4.69, 9.17) is 4.74 Å². The second-order valence-corrected chi connectivity index (χ2v) is 3.49. The van der Waals surface area contributed by atoms with Gasteiger partial charge in [-0.2, -0.15) is 4.98 Å². The normalized spacial score (nSPS) is 10.6. The summed E-state index contributed by atoms with van der Waals surface area (Å²) in [4.78, 5) is 8.32. The molecule has 17 heavy (non-hydrogen) atoms. The molecule has 6 heteroatoms. The van der Waals surface area contributed by atoms with Crippen LogP contribution in [0.2, 0.25) is 0 Å². The maximum absolute atomic E-state index is 12.0. The summed E-state index contributed by atoms with van der Waals surface area (Å²) >= 11 is 0. The van der Waals surface area contributed by atoms with E-state index in [1.54, 1.807) is 0 Å². The highest BCUT2D eigenvalue weighted by Gasteiger charge is 2.08. The Balaban J connectivity index is 2.79. The molecular weight excluding hydrogens is 228 g/mol. The molecule has 0 aliphatic heterocycles. The molecule has 0 unspecified atom stereocenters. The van der Waals surface area contributed by atoms with Crippen LogP contribution in [-0.2, 0) is 6.42 Å². The molecule has 0 aliphatic carbocycles. The fourth-order valence-electron chi connectivity index (χ4n) is 1.30. The largest absolute Gasteiger partial charge is 0.471 e. The van der Waals surface area contributed by atoms with Crippen LogP contribution < -0.4 is 10.1 Å². The van der Waals surface area contributed by atoms with Crippen molar-refractivity contribution in [3.63, 3.8) is 0 Å². The summed E-state index contributed by atoms with van der Waals surface area (Å²) in [5.74, 6) is 1.41. The Morgan fingerprint density at radius 3 is 2.71 bits per heavy atom. The number of hydrogen-bond acceptors (Lipinski definition) is 4. The maximum Gasteiger partial charge on any atom is 0.272 e. The third kappa shape index (κ3) is 4.93. The van der Waals surface area contributed by atoms with Gasteiger partial charge in [0.25, 0.3) is 6.43 Å². The van der Waals surface area contributed by atoms with E-state index in [2.05, 4.69) is 15.3 Å². The number of ether oxygens (including phenoxy) is 1. The van der Waals surface area contributed by atoms with Gasteiger partial charge in [-0.05, 0) is 13.3 Å². The smallest absolute Gasteiger partial charge is 0.272 e. The molecule has 0 radical (unpaired) electrons. The van der Waals surface area contributed by atoms with Crippen LogP contribution in [0.15, 0.2) is 6.07 Å². The molecule has 0 saturated carbocycles. The van der Waals surface area contributed by atoms with Crippen LogP contribution >= 0.6 is 0 Å². The molecule has 0 aliphatic rings. The molecule has 0 bridgehead atoms. The highest BCUT2D eigenvalue weighted by Crippen LogP contribution is 2.15. The van der Waals surface area contributed by atoms with Crippen LogP contribution in [0, 0.1) is 0 Å². The molecule has 1 heterocycles. The van der Waals surface area contributed by atoms with Crippen LogP contribution in [0.25, 0.3) is 0 Å². The van der Waals surface area contributed by atoms with Crippen LogP contribution in [0.3, 0.4) is 0 Å². The Morgan fingerprint density at radius 2 is 2.12 bits per heavy atom. The van der Waals surface area contributed by atoms with E-state index in [-0.39, 0.29) is 5.88 Å². The second-order valence-electron chi connectivity index (χ2n) is 3.49. The minimum atomic E-state index is -2.50. The molecule has 96 valence electrons. The molecule has 0 amide bonds. The first-order valence-corrected chi connectivity index (χ1v) is 5.68. The minimum Gasteiger partial charge on any atom is -0.471 e. The summed E-state index contributed by atoms with van der Waals surface area (Å²) in [7, 11) is 0. The third-order valence-electron chi connectivity index (χ3n) is 1.94. The summed E-state index contributed by atoms with van der Waals surface area (Å²) in [6.45, 7) is 4.00. The molecule has 1 aromatic heterocycles. The van der Waals surface area contributed by atoms with Gasteiger partial charge >= 0.3 is 0 Å². The summed E-state index contributed by atoms with van der Waals surface area (Å²) in [5.41, 5.74) is 0. The number of alkyl halides is 2. The quantitative estimate of drug-likeness (QED) is 0.801. The zero-order valence-corrected chi connectivity index (χ0v) is 10.0. The van der Waals surface area contributed by atoms with Crippen molar-refractivity contribution in [1.29, 1.82) is 0 Å². The number of rotatable bonds is 7. The highest BCUT2D eigenvalue weighted by molar-refractivity contribution is 5.38. The molecule has 0 fully saturated rings. The molecule has 0 saturated heterocycles. The molecule has 0 spiro atoms. The number of anilines is 1. The number of aryl methyl sites for hydroxylation is 1. The number of halogens is 2. The van der Waals surface area contributed by atoms with Crippen molar-refractivity contribution >= 4 is 5.82 Å². The van der Waals surface area contributed by atoms with Crippen LogP contribution in [-0.4, -0.2) is 29.5 Å². The highest BCUT2D eigenvalue weighted by atomic mass is 19.3. The lowest BCUT2D eigenvalue weighted by Gasteiger charge is -2.09. The SMILES string of the molecule is CCCc1nc(NCC)cc(OCC(F)F)n1. The van der Waals surface area contributed by atoms with Gasteiger partial charge in [-0.25, -0.2) is 13.8 Å². The number of hydrogen-bond donors (Lipinski definition) is 1. The zero-order chi connectivity index (χ0) is 12.7. The molecule has 1 rings (SSSR count). The van der Waals surface area contributed by atoms with E-state index in [1.807, 2.05) is 13.8 Å². The third-order valence-corrected chi connectivity index (χ3v) is 1.94. The van der Waals surface area contributed by atoms with Gasteiger partial charge in [0.05, 0.1) is 0 Å². The van der Waals surface area contributed by atoms with Crippen molar-refractivity contribution in [2.24, 2.45) is 0 Å². The van der Waals surface area contributed by atoms with Crippen molar-refractivity contribution < 1.29 is 13.5 Å². The van der Waals surface area contributed by atoms with E-state index < -0.39 is 13.0 Å². The van der Waals surface area contributed by atoms with Gasteiger partial charge in [0.2, 0.25) is 5.88 Å². The standard InChI is InChI=1S/C11H17F2N3O/c1-3-5-9-15-10(14-4-2)6-11(16-9)17-7-8(12)13/h6,8H,3-5,7H2,1-2H3,(H,14,15,16). The van der Waals surface area contributed by atoms with Crippen LogP contribution in [0.4, 0.5) is 14.6 Å². The fraction of sp³-hybridized carbons (Fsp3) is 0.636. The van der Waals surface area contributed by atoms with Crippen molar-refractivity contribution in [3.8, 4) is 5.88 Å². The van der Waals surface area contributed by atoms with Crippen molar-refractivity contribution in [2.45, 2.75) is 33.1 Å². The lowest BCUT2D eigenvalue weighted by Crippen LogP contribution is -2.10. The van der Waals surface area contributed by atoms with Gasteiger partial charge in [-0.15, -0.1) is 0 Å². The summed E-state index contributed by atoms with van der Waals surface area (Å²) in [6.07, 6.45) is -0.907. The predicted octanol–water partition coefficient (Wildman–Crippen LogP) is 2.50. The van der Waals surface area contributed by atoms with E-state index in [0.717, 1.165) is 6.42 Å². The predicted molar refractivity (Wildman–Crippen MR) is 61.7 cm³/mol.